The van der Waals surface area contributed by atoms with Gasteiger partial charge in [-0.25, -0.2) is 0 Å². The first kappa shape index (κ1) is 15.6. The molecular formula is C14H15F3N2O2. The van der Waals surface area contributed by atoms with Gasteiger partial charge in [0.05, 0.1) is 17.2 Å². The first-order chi connectivity index (χ1) is 9.90. The minimum absolute atomic E-state index is 0.0513. The molecule has 1 aliphatic heterocycles. The molecule has 1 aromatic rings. The van der Waals surface area contributed by atoms with Crippen LogP contribution in [0.3, 0.4) is 0 Å². The van der Waals surface area contributed by atoms with Gasteiger partial charge in [-0.1, -0.05) is 0 Å². The Bertz CT molecular complexity index is 540. The molecule has 1 N–H and O–H groups in total. The smallest absolute Gasteiger partial charge is 0.416 e. The largest absolute Gasteiger partial charge is 0.489 e. The highest BCUT2D eigenvalue weighted by Crippen LogP contribution is 2.32. The Morgan fingerprint density at radius 3 is 2.81 bits per heavy atom. The zero-order valence-electron chi connectivity index (χ0n) is 11.4. The number of ether oxygens (including phenoxy) is 2. The Kier molecular flexibility index (Phi) is 4.70. The lowest BCUT2D eigenvalue weighted by Gasteiger charge is -2.28. The zero-order chi connectivity index (χ0) is 15.5. The van der Waals surface area contributed by atoms with E-state index < -0.39 is 11.7 Å². The van der Waals surface area contributed by atoms with Gasteiger partial charge in [0, 0.05) is 13.1 Å². The van der Waals surface area contributed by atoms with E-state index in [-0.39, 0.29) is 30.1 Å². The van der Waals surface area contributed by atoms with Crippen molar-refractivity contribution < 1.29 is 22.6 Å². The highest BCUT2D eigenvalue weighted by molar-refractivity contribution is 5.46. The fourth-order valence-corrected chi connectivity index (χ4v) is 2.07. The fourth-order valence-electron chi connectivity index (χ4n) is 2.07. The summed E-state index contributed by atoms with van der Waals surface area (Å²) >= 11 is 0. The summed E-state index contributed by atoms with van der Waals surface area (Å²) in [6.07, 6.45) is -4.62. The number of nitrogens with one attached hydrogen (secondary N) is 1. The van der Waals surface area contributed by atoms with Crippen LogP contribution in [0, 0.1) is 11.3 Å². The van der Waals surface area contributed by atoms with Gasteiger partial charge in [-0.15, -0.1) is 0 Å². The summed E-state index contributed by atoms with van der Waals surface area (Å²) in [7, 11) is 0. The van der Waals surface area contributed by atoms with E-state index in [2.05, 4.69) is 5.32 Å². The Labute approximate surface area is 120 Å². The Hall–Kier alpha value is -1.78. The topological polar surface area (TPSA) is 54.3 Å². The van der Waals surface area contributed by atoms with Crippen molar-refractivity contribution in [2.45, 2.75) is 25.3 Å². The van der Waals surface area contributed by atoms with Gasteiger partial charge in [0.25, 0.3) is 0 Å². The van der Waals surface area contributed by atoms with E-state index in [1.54, 1.807) is 6.07 Å². The first-order valence-electron chi connectivity index (χ1n) is 6.50. The number of benzene rings is 1. The normalized spacial score (nSPS) is 22.6. The minimum atomic E-state index is -4.48. The Morgan fingerprint density at radius 1 is 1.43 bits per heavy atom. The van der Waals surface area contributed by atoms with Crippen molar-refractivity contribution in [2.24, 2.45) is 0 Å². The second-order valence-electron chi connectivity index (χ2n) is 4.86. The standard InChI is InChI=1S/C14H15F3N2O2/c1-9-6-19-7-12(21-9)8-20-13-3-2-11(14(15,16)17)4-10(13)5-18/h2-4,9,12,19H,6-8H2,1H3. The molecule has 1 saturated heterocycles. The van der Waals surface area contributed by atoms with Crippen LogP contribution in [-0.4, -0.2) is 31.9 Å². The van der Waals surface area contributed by atoms with Crippen molar-refractivity contribution in [3.8, 4) is 11.8 Å². The maximum atomic E-state index is 12.6. The highest BCUT2D eigenvalue weighted by atomic mass is 19.4. The van der Waals surface area contributed by atoms with E-state index >= 15 is 0 Å². The number of hydrogen-bond donors (Lipinski definition) is 1. The van der Waals surface area contributed by atoms with Crippen molar-refractivity contribution in [1.82, 2.24) is 5.32 Å². The monoisotopic (exact) mass is 300 g/mol. The SMILES string of the molecule is CC1CNCC(COc2ccc(C(F)(F)F)cc2C#N)O1. The van der Waals surface area contributed by atoms with Crippen LogP contribution in [0.1, 0.15) is 18.1 Å². The molecule has 1 aromatic carbocycles. The summed E-state index contributed by atoms with van der Waals surface area (Å²) in [5, 5.41) is 12.1. The third kappa shape index (κ3) is 4.09. The molecule has 0 amide bonds. The van der Waals surface area contributed by atoms with Gasteiger partial charge in [-0.05, 0) is 25.1 Å². The van der Waals surface area contributed by atoms with Crippen LogP contribution in [0.5, 0.6) is 5.75 Å². The summed E-state index contributed by atoms with van der Waals surface area (Å²) < 4.78 is 48.8. The second-order valence-corrected chi connectivity index (χ2v) is 4.86. The first-order valence-corrected chi connectivity index (χ1v) is 6.50. The minimum Gasteiger partial charge on any atom is -0.489 e. The predicted molar refractivity (Wildman–Crippen MR) is 68.9 cm³/mol. The Morgan fingerprint density at radius 2 is 2.19 bits per heavy atom. The van der Waals surface area contributed by atoms with E-state index in [0.717, 1.165) is 18.7 Å². The van der Waals surface area contributed by atoms with Crippen molar-refractivity contribution >= 4 is 0 Å². The summed E-state index contributed by atoms with van der Waals surface area (Å²) in [4.78, 5) is 0. The van der Waals surface area contributed by atoms with E-state index in [4.69, 9.17) is 14.7 Å². The summed E-state index contributed by atoms with van der Waals surface area (Å²) in [6.45, 7) is 3.45. The van der Waals surface area contributed by atoms with Crippen molar-refractivity contribution in [3.05, 3.63) is 29.3 Å². The van der Waals surface area contributed by atoms with E-state index in [0.29, 0.717) is 6.54 Å². The second kappa shape index (κ2) is 6.33. The van der Waals surface area contributed by atoms with Crippen LogP contribution >= 0.6 is 0 Å². The predicted octanol–water partition coefficient (Wildman–Crippen LogP) is 2.33. The van der Waals surface area contributed by atoms with Gasteiger partial charge in [0.15, 0.2) is 0 Å². The van der Waals surface area contributed by atoms with Crippen LogP contribution in [0.4, 0.5) is 13.2 Å². The number of morpholine rings is 1. The number of hydrogen-bond acceptors (Lipinski definition) is 4. The average Bonchev–Trinajstić information content (AvgIpc) is 2.44. The molecule has 2 unspecified atom stereocenters. The molecule has 0 aliphatic carbocycles. The number of nitrogens with zero attached hydrogens (tertiary/aromatic N) is 1. The molecule has 4 nitrogen and oxygen atoms in total. The quantitative estimate of drug-likeness (QED) is 0.931. The van der Waals surface area contributed by atoms with Crippen LogP contribution in [0.25, 0.3) is 0 Å². The van der Waals surface area contributed by atoms with Crippen LogP contribution in [0.15, 0.2) is 18.2 Å². The molecular weight excluding hydrogens is 285 g/mol. The van der Waals surface area contributed by atoms with Crippen molar-refractivity contribution in [2.75, 3.05) is 19.7 Å². The maximum absolute atomic E-state index is 12.6. The lowest BCUT2D eigenvalue weighted by molar-refractivity contribution is -0.137. The van der Waals surface area contributed by atoms with Gasteiger partial charge in [0.2, 0.25) is 0 Å². The maximum Gasteiger partial charge on any atom is 0.416 e. The number of halogens is 3. The fraction of sp³-hybridized carbons (Fsp3) is 0.500. The van der Waals surface area contributed by atoms with Crippen LogP contribution in [-0.2, 0) is 10.9 Å². The molecule has 1 heterocycles. The van der Waals surface area contributed by atoms with Gasteiger partial charge in [0.1, 0.15) is 24.5 Å². The number of nitriles is 1. The summed E-state index contributed by atoms with van der Waals surface area (Å²) in [5.41, 5.74) is -1.00. The third-order valence-electron chi connectivity index (χ3n) is 3.08. The highest BCUT2D eigenvalue weighted by Gasteiger charge is 2.31. The van der Waals surface area contributed by atoms with Gasteiger partial charge in [-0.3, -0.25) is 0 Å². The molecule has 0 bridgehead atoms. The van der Waals surface area contributed by atoms with E-state index in [1.165, 1.54) is 6.07 Å². The third-order valence-corrected chi connectivity index (χ3v) is 3.08. The van der Waals surface area contributed by atoms with Crippen LogP contribution in [0.2, 0.25) is 0 Å². The van der Waals surface area contributed by atoms with Gasteiger partial charge >= 0.3 is 6.18 Å². The molecule has 114 valence electrons. The molecule has 0 spiro atoms. The zero-order valence-corrected chi connectivity index (χ0v) is 11.4. The van der Waals surface area contributed by atoms with Crippen LogP contribution < -0.4 is 10.1 Å². The molecule has 0 radical (unpaired) electrons. The summed E-state index contributed by atoms with van der Waals surface area (Å²) in [6, 6.07) is 4.58. The number of alkyl halides is 3. The van der Waals surface area contributed by atoms with Crippen molar-refractivity contribution in [3.63, 3.8) is 0 Å². The molecule has 21 heavy (non-hydrogen) atoms. The molecule has 1 fully saturated rings. The summed E-state index contributed by atoms with van der Waals surface area (Å²) in [5.74, 6) is 0.132. The molecule has 2 rings (SSSR count). The Balaban J connectivity index is 2.05. The lowest BCUT2D eigenvalue weighted by Crippen LogP contribution is -2.45. The molecule has 2 atom stereocenters. The molecule has 0 aromatic heterocycles. The molecule has 1 aliphatic rings. The molecule has 0 saturated carbocycles. The van der Waals surface area contributed by atoms with E-state index in [9.17, 15) is 13.2 Å². The van der Waals surface area contributed by atoms with Gasteiger partial charge < -0.3 is 14.8 Å². The lowest BCUT2D eigenvalue weighted by atomic mass is 10.1. The van der Waals surface area contributed by atoms with Crippen molar-refractivity contribution in [1.29, 1.82) is 5.26 Å². The molecule has 7 heteroatoms. The van der Waals surface area contributed by atoms with E-state index in [1.807, 2.05) is 6.92 Å². The number of rotatable bonds is 3. The average molecular weight is 300 g/mol. The van der Waals surface area contributed by atoms with Gasteiger partial charge in [-0.2, -0.15) is 18.4 Å².